The van der Waals surface area contributed by atoms with Gasteiger partial charge in [-0.15, -0.1) is 11.8 Å². The SMILES string of the molecule is CC(C)(C)C(=O)N1CSCC1c1nc(-c2ccc(CN)cc2)no1. The Balaban J connectivity index is 1.82. The first-order chi connectivity index (χ1) is 11.4. The summed E-state index contributed by atoms with van der Waals surface area (Å²) >= 11 is 1.70. The molecule has 1 amide bonds. The lowest BCUT2D eigenvalue weighted by molar-refractivity contribution is -0.140. The van der Waals surface area contributed by atoms with Crippen molar-refractivity contribution < 1.29 is 9.32 Å². The highest BCUT2D eigenvalue weighted by molar-refractivity contribution is 7.99. The number of carbonyl (C=O) groups is 1. The molecule has 0 aliphatic carbocycles. The molecule has 2 aromatic rings. The maximum Gasteiger partial charge on any atom is 0.250 e. The molecule has 2 N–H and O–H groups in total. The molecule has 7 heteroatoms. The molecule has 1 aliphatic rings. The van der Waals surface area contributed by atoms with E-state index in [0.717, 1.165) is 16.9 Å². The average molecular weight is 346 g/mol. The molecular weight excluding hydrogens is 324 g/mol. The molecule has 2 heterocycles. The molecule has 1 saturated heterocycles. The highest BCUT2D eigenvalue weighted by Gasteiger charge is 2.38. The number of benzene rings is 1. The zero-order chi connectivity index (χ0) is 17.3. The average Bonchev–Trinajstić information content (AvgIpc) is 3.22. The van der Waals surface area contributed by atoms with E-state index in [-0.39, 0.29) is 11.9 Å². The van der Waals surface area contributed by atoms with Crippen molar-refractivity contribution in [2.45, 2.75) is 33.4 Å². The maximum atomic E-state index is 12.6. The Morgan fingerprint density at radius 3 is 2.71 bits per heavy atom. The minimum Gasteiger partial charge on any atom is -0.337 e. The van der Waals surface area contributed by atoms with Gasteiger partial charge in [-0.2, -0.15) is 4.98 Å². The number of rotatable bonds is 3. The summed E-state index contributed by atoms with van der Waals surface area (Å²) in [5.74, 6) is 2.56. The topological polar surface area (TPSA) is 85.2 Å². The molecule has 0 radical (unpaired) electrons. The third-order valence-electron chi connectivity index (χ3n) is 3.96. The van der Waals surface area contributed by atoms with Crippen LogP contribution in [0.4, 0.5) is 0 Å². The van der Waals surface area contributed by atoms with E-state index >= 15 is 0 Å². The van der Waals surface area contributed by atoms with Crippen LogP contribution in [0.15, 0.2) is 28.8 Å². The maximum absolute atomic E-state index is 12.6. The quantitative estimate of drug-likeness (QED) is 0.920. The zero-order valence-electron chi connectivity index (χ0n) is 14.2. The highest BCUT2D eigenvalue weighted by atomic mass is 32.2. The van der Waals surface area contributed by atoms with Gasteiger partial charge in [0.1, 0.15) is 6.04 Å². The number of hydrogen-bond acceptors (Lipinski definition) is 6. The fourth-order valence-corrected chi connectivity index (χ4v) is 3.70. The lowest BCUT2D eigenvalue weighted by Crippen LogP contribution is -2.39. The van der Waals surface area contributed by atoms with E-state index in [4.69, 9.17) is 10.3 Å². The van der Waals surface area contributed by atoms with Gasteiger partial charge in [-0.1, -0.05) is 50.2 Å². The summed E-state index contributed by atoms with van der Waals surface area (Å²) in [4.78, 5) is 19.0. The van der Waals surface area contributed by atoms with Crippen molar-refractivity contribution >= 4 is 17.7 Å². The fourth-order valence-electron chi connectivity index (χ4n) is 2.56. The van der Waals surface area contributed by atoms with Gasteiger partial charge in [0, 0.05) is 23.3 Å². The van der Waals surface area contributed by atoms with Crippen LogP contribution >= 0.6 is 11.8 Å². The van der Waals surface area contributed by atoms with Crippen LogP contribution in [-0.2, 0) is 11.3 Å². The summed E-state index contributed by atoms with van der Waals surface area (Å²) in [6, 6.07) is 7.60. The number of carbonyl (C=O) groups excluding carboxylic acids is 1. The van der Waals surface area contributed by atoms with E-state index in [2.05, 4.69) is 10.1 Å². The zero-order valence-corrected chi connectivity index (χ0v) is 15.0. The molecule has 1 aliphatic heterocycles. The predicted molar refractivity (Wildman–Crippen MR) is 94.0 cm³/mol. The van der Waals surface area contributed by atoms with E-state index in [0.29, 0.717) is 24.1 Å². The molecule has 1 aromatic carbocycles. The third-order valence-corrected chi connectivity index (χ3v) is 4.97. The molecule has 1 unspecified atom stereocenters. The summed E-state index contributed by atoms with van der Waals surface area (Å²) in [5.41, 5.74) is 7.12. The summed E-state index contributed by atoms with van der Waals surface area (Å²) in [5, 5.41) is 4.08. The van der Waals surface area contributed by atoms with Gasteiger partial charge in [-0.3, -0.25) is 4.79 Å². The van der Waals surface area contributed by atoms with Crippen molar-refractivity contribution in [2.24, 2.45) is 11.1 Å². The van der Waals surface area contributed by atoms with Crippen LogP contribution in [-0.4, -0.2) is 32.6 Å². The molecule has 0 spiro atoms. The number of aromatic nitrogens is 2. The fraction of sp³-hybridized carbons (Fsp3) is 0.471. The summed E-state index contributed by atoms with van der Waals surface area (Å²) < 4.78 is 5.46. The highest BCUT2D eigenvalue weighted by Crippen LogP contribution is 2.36. The standard InChI is InChI=1S/C17H22N4O2S/c1-17(2,3)16(22)21-10-24-9-13(21)15-19-14(20-23-15)12-6-4-11(8-18)5-7-12/h4-7,13H,8-10,18H2,1-3H3. The second kappa shape index (κ2) is 6.57. The van der Waals surface area contributed by atoms with Gasteiger partial charge >= 0.3 is 0 Å². The molecule has 128 valence electrons. The van der Waals surface area contributed by atoms with Crippen LogP contribution < -0.4 is 5.73 Å². The van der Waals surface area contributed by atoms with Gasteiger partial charge in [-0.05, 0) is 5.56 Å². The number of hydrogen-bond donors (Lipinski definition) is 1. The Morgan fingerprint density at radius 2 is 2.08 bits per heavy atom. The van der Waals surface area contributed by atoms with Gasteiger partial charge < -0.3 is 15.2 Å². The Hall–Kier alpha value is -1.86. The minimum absolute atomic E-state index is 0.101. The van der Waals surface area contributed by atoms with Crippen LogP contribution in [0.3, 0.4) is 0 Å². The number of nitrogens with two attached hydrogens (primary N) is 1. The van der Waals surface area contributed by atoms with Gasteiger partial charge in [0.25, 0.3) is 5.89 Å². The second-order valence-electron chi connectivity index (χ2n) is 6.90. The summed E-state index contributed by atoms with van der Waals surface area (Å²) in [7, 11) is 0. The van der Waals surface area contributed by atoms with Crippen LogP contribution in [0.5, 0.6) is 0 Å². The first kappa shape index (κ1) is 17.0. The van der Waals surface area contributed by atoms with Crippen molar-refractivity contribution in [2.75, 3.05) is 11.6 Å². The van der Waals surface area contributed by atoms with Gasteiger partial charge in [-0.25, -0.2) is 0 Å². The molecule has 24 heavy (non-hydrogen) atoms. The monoisotopic (exact) mass is 346 g/mol. The van der Waals surface area contributed by atoms with Crippen LogP contribution in [0.25, 0.3) is 11.4 Å². The molecule has 1 aromatic heterocycles. The van der Waals surface area contributed by atoms with Crippen LogP contribution in [0.2, 0.25) is 0 Å². The van der Waals surface area contributed by atoms with Gasteiger partial charge in [0.2, 0.25) is 11.7 Å². The Kier molecular flexibility index (Phi) is 4.64. The molecule has 1 fully saturated rings. The first-order valence-electron chi connectivity index (χ1n) is 7.92. The minimum atomic E-state index is -0.427. The molecule has 0 saturated carbocycles. The Labute approximate surface area is 145 Å². The molecular formula is C17H22N4O2S. The van der Waals surface area contributed by atoms with Gasteiger partial charge in [0.05, 0.1) is 5.88 Å². The molecule has 6 nitrogen and oxygen atoms in total. The molecule has 3 rings (SSSR count). The number of amides is 1. The predicted octanol–water partition coefficient (Wildman–Crippen LogP) is 2.82. The first-order valence-corrected chi connectivity index (χ1v) is 9.07. The molecule has 0 bridgehead atoms. The van der Waals surface area contributed by atoms with Crippen molar-refractivity contribution in [1.29, 1.82) is 0 Å². The summed E-state index contributed by atoms with van der Waals surface area (Å²) in [6.07, 6.45) is 0. The number of nitrogens with zero attached hydrogens (tertiary/aromatic N) is 3. The summed E-state index contributed by atoms with van der Waals surface area (Å²) in [6.45, 7) is 6.27. The van der Waals surface area contributed by atoms with E-state index in [1.54, 1.807) is 11.8 Å². The van der Waals surface area contributed by atoms with E-state index in [1.165, 1.54) is 0 Å². The van der Waals surface area contributed by atoms with Crippen molar-refractivity contribution in [3.63, 3.8) is 0 Å². The van der Waals surface area contributed by atoms with Crippen molar-refractivity contribution in [1.82, 2.24) is 15.0 Å². The lowest BCUT2D eigenvalue weighted by atomic mass is 9.94. The van der Waals surface area contributed by atoms with Crippen molar-refractivity contribution in [3.05, 3.63) is 35.7 Å². The van der Waals surface area contributed by atoms with Gasteiger partial charge in [0.15, 0.2) is 0 Å². The van der Waals surface area contributed by atoms with Crippen LogP contribution in [0.1, 0.15) is 38.3 Å². The number of thioether (sulfide) groups is 1. The smallest absolute Gasteiger partial charge is 0.250 e. The lowest BCUT2D eigenvalue weighted by Gasteiger charge is -2.28. The third kappa shape index (κ3) is 3.32. The molecule has 1 atom stereocenters. The normalized spacial score (nSPS) is 18.2. The van der Waals surface area contributed by atoms with E-state index in [1.807, 2.05) is 49.9 Å². The van der Waals surface area contributed by atoms with E-state index < -0.39 is 5.41 Å². The van der Waals surface area contributed by atoms with E-state index in [9.17, 15) is 4.79 Å². The Bertz CT molecular complexity index is 721. The van der Waals surface area contributed by atoms with Crippen molar-refractivity contribution in [3.8, 4) is 11.4 Å². The largest absolute Gasteiger partial charge is 0.337 e. The van der Waals surface area contributed by atoms with Crippen LogP contribution in [0, 0.1) is 5.41 Å². The Morgan fingerprint density at radius 1 is 1.38 bits per heavy atom. The second-order valence-corrected chi connectivity index (χ2v) is 7.90.